The lowest BCUT2D eigenvalue weighted by atomic mass is 10.3. The maximum Gasteiger partial charge on any atom is 0.148 e. The quantitative estimate of drug-likeness (QED) is 0.609. The van der Waals surface area contributed by atoms with Gasteiger partial charge < -0.3 is 5.11 Å². The van der Waals surface area contributed by atoms with Crippen LogP contribution in [0.3, 0.4) is 0 Å². The summed E-state index contributed by atoms with van der Waals surface area (Å²) >= 11 is 0. The molecule has 0 fully saturated rings. The number of nitrogens with zero attached hydrogens (tertiary/aromatic N) is 1. The first-order valence-corrected chi connectivity index (χ1v) is 3.00. The first-order chi connectivity index (χ1) is 5.11. The van der Waals surface area contributed by atoms with Gasteiger partial charge in [0.2, 0.25) is 0 Å². The summed E-state index contributed by atoms with van der Waals surface area (Å²) in [4.78, 5) is 0. The van der Waals surface area contributed by atoms with Crippen LogP contribution in [0.1, 0.15) is 0 Å². The van der Waals surface area contributed by atoms with Crippen molar-refractivity contribution in [2.75, 3.05) is 12.1 Å². The highest BCUT2D eigenvalue weighted by atomic mass is 19.1. The molecular weight excluding hydrogens is 149 g/mol. The molecule has 0 bridgehead atoms. The summed E-state index contributed by atoms with van der Waals surface area (Å²) in [5, 5.41) is 20.0. The molecular formula is C7H7FNO2-. The molecule has 0 saturated heterocycles. The van der Waals surface area contributed by atoms with Gasteiger partial charge in [0.05, 0.1) is 5.69 Å². The van der Waals surface area contributed by atoms with E-state index < -0.39 is 5.82 Å². The Bertz CT molecular complexity index is 263. The fourth-order valence-electron chi connectivity index (χ4n) is 0.740. The summed E-state index contributed by atoms with van der Waals surface area (Å²) in [6.45, 7) is 0. The lowest BCUT2D eigenvalue weighted by Crippen LogP contribution is -2.12. The average molecular weight is 156 g/mol. The summed E-state index contributed by atoms with van der Waals surface area (Å²) < 4.78 is 12.7. The molecule has 0 atom stereocenters. The van der Waals surface area contributed by atoms with Gasteiger partial charge in [-0.3, -0.25) is 10.3 Å². The molecule has 0 unspecified atom stereocenters. The Hall–Kier alpha value is -1.29. The molecule has 1 rings (SSSR count). The van der Waals surface area contributed by atoms with E-state index in [9.17, 15) is 9.50 Å². The second-order valence-electron chi connectivity index (χ2n) is 2.14. The van der Waals surface area contributed by atoms with E-state index in [2.05, 4.69) is 0 Å². The highest BCUT2D eigenvalue weighted by molar-refractivity contribution is 5.48. The topological polar surface area (TPSA) is 46.5 Å². The van der Waals surface area contributed by atoms with Crippen LogP contribution >= 0.6 is 0 Å². The second kappa shape index (κ2) is 2.75. The number of anilines is 1. The van der Waals surface area contributed by atoms with E-state index in [0.717, 1.165) is 18.2 Å². The van der Waals surface area contributed by atoms with E-state index in [0.29, 0.717) is 5.06 Å². The van der Waals surface area contributed by atoms with E-state index in [1.165, 1.54) is 7.05 Å². The van der Waals surface area contributed by atoms with E-state index >= 15 is 0 Å². The van der Waals surface area contributed by atoms with Gasteiger partial charge in [-0.1, -0.05) is 6.07 Å². The molecule has 0 aliphatic heterocycles. The van der Waals surface area contributed by atoms with E-state index in [-0.39, 0.29) is 11.4 Å². The minimum atomic E-state index is -0.616. The molecule has 0 aromatic heterocycles. The van der Waals surface area contributed by atoms with E-state index in [4.69, 9.17) is 5.21 Å². The van der Waals surface area contributed by atoms with Crippen molar-refractivity contribution in [3.8, 4) is 5.75 Å². The first kappa shape index (κ1) is 7.81. The number of hydrogen-bond donors (Lipinski definition) is 1. The maximum absolute atomic E-state index is 12.7. The first-order valence-electron chi connectivity index (χ1n) is 3.00. The Morgan fingerprint density at radius 1 is 1.55 bits per heavy atom. The molecule has 0 radical (unpaired) electrons. The van der Waals surface area contributed by atoms with Gasteiger partial charge >= 0.3 is 0 Å². The lowest BCUT2D eigenvalue weighted by molar-refractivity contribution is -0.268. The molecule has 0 aliphatic carbocycles. The number of rotatable bonds is 1. The van der Waals surface area contributed by atoms with Crippen molar-refractivity contribution in [3.63, 3.8) is 0 Å². The SMILES string of the molecule is CN(O)c1cc([O-])ccc1F. The predicted molar refractivity (Wildman–Crippen MR) is 36.0 cm³/mol. The molecule has 60 valence electrons. The Morgan fingerprint density at radius 3 is 2.64 bits per heavy atom. The molecule has 1 aromatic rings. The van der Waals surface area contributed by atoms with Crippen LogP contribution in [0.4, 0.5) is 10.1 Å². The third-order valence-corrected chi connectivity index (χ3v) is 1.27. The fourth-order valence-corrected chi connectivity index (χ4v) is 0.740. The molecule has 3 nitrogen and oxygen atoms in total. The predicted octanol–water partition coefficient (Wildman–Crippen LogP) is 0.725. The highest BCUT2D eigenvalue weighted by Crippen LogP contribution is 2.20. The van der Waals surface area contributed by atoms with Gasteiger partial charge in [0.25, 0.3) is 0 Å². The molecule has 1 aromatic carbocycles. The molecule has 11 heavy (non-hydrogen) atoms. The Morgan fingerprint density at radius 2 is 2.18 bits per heavy atom. The standard InChI is InChI=1S/C7H8FNO2/c1-9(11)7-4-5(10)2-3-6(7)8/h2-4,10-11H,1H3/p-1. The van der Waals surface area contributed by atoms with Crippen molar-refractivity contribution in [2.45, 2.75) is 0 Å². The smallest absolute Gasteiger partial charge is 0.148 e. The normalized spacial score (nSPS) is 9.73. The fraction of sp³-hybridized carbons (Fsp3) is 0.143. The zero-order valence-corrected chi connectivity index (χ0v) is 5.91. The monoisotopic (exact) mass is 156 g/mol. The van der Waals surface area contributed by atoms with Gasteiger partial charge in [0, 0.05) is 7.05 Å². The summed E-state index contributed by atoms with van der Waals surface area (Å²) in [5.41, 5.74) is -0.113. The van der Waals surface area contributed by atoms with Crippen molar-refractivity contribution < 1.29 is 14.7 Å². The number of hydrogen-bond acceptors (Lipinski definition) is 3. The van der Waals surface area contributed by atoms with Crippen LogP contribution in [0.25, 0.3) is 0 Å². The molecule has 4 heteroatoms. The number of halogens is 1. The zero-order chi connectivity index (χ0) is 8.43. The van der Waals surface area contributed by atoms with Gasteiger partial charge in [0.15, 0.2) is 0 Å². The minimum absolute atomic E-state index is 0.113. The van der Waals surface area contributed by atoms with Crippen molar-refractivity contribution in [1.82, 2.24) is 0 Å². The van der Waals surface area contributed by atoms with Gasteiger partial charge in [-0.2, -0.15) is 0 Å². The van der Waals surface area contributed by atoms with Crippen LogP contribution in [0.15, 0.2) is 18.2 Å². The van der Waals surface area contributed by atoms with Gasteiger partial charge in [-0.15, -0.1) is 5.75 Å². The summed E-state index contributed by atoms with van der Waals surface area (Å²) in [6.07, 6.45) is 0. The molecule has 0 saturated carbocycles. The van der Waals surface area contributed by atoms with Crippen molar-refractivity contribution in [3.05, 3.63) is 24.0 Å². The van der Waals surface area contributed by atoms with Crippen molar-refractivity contribution >= 4 is 5.69 Å². The highest BCUT2D eigenvalue weighted by Gasteiger charge is 2.02. The molecule has 0 aliphatic rings. The minimum Gasteiger partial charge on any atom is -0.872 e. The number of hydroxylamine groups is 1. The van der Waals surface area contributed by atoms with E-state index in [1.54, 1.807) is 0 Å². The number of benzene rings is 1. The van der Waals surface area contributed by atoms with Crippen molar-refractivity contribution in [2.24, 2.45) is 0 Å². The molecule has 0 heterocycles. The summed E-state index contributed by atoms with van der Waals surface area (Å²) in [6, 6.07) is 3.14. The van der Waals surface area contributed by atoms with Crippen LogP contribution in [0.2, 0.25) is 0 Å². The third-order valence-electron chi connectivity index (χ3n) is 1.27. The van der Waals surface area contributed by atoms with Crippen LogP contribution in [0.5, 0.6) is 5.75 Å². The third kappa shape index (κ3) is 1.59. The van der Waals surface area contributed by atoms with Gasteiger partial charge in [-0.05, 0) is 12.1 Å². The summed E-state index contributed by atoms with van der Waals surface area (Å²) in [5.74, 6) is -0.947. The van der Waals surface area contributed by atoms with Crippen LogP contribution in [-0.4, -0.2) is 12.3 Å². The van der Waals surface area contributed by atoms with E-state index in [1.807, 2.05) is 0 Å². The molecule has 0 amide bonds. The van der Waals surface area contributed by atoms with Crippen LogP contribution < -0.4 is 10.2 Å². The second-order valence-corrected chi connectivity index (χ2v) is 2.14. The summed E-state index contributed by atoms with van der Waals surface area (Å²) in [7, 11) is 1.25. The lowest BCUT2D eigenvalue weighted by Gasteiger charge is -2.14. The van der Waals surface area contributed by atoms with Crippen LogP contribution in [-0.2, 0) is 0 Å². The van der Waals surface area contributed by atoms with Gasteiger partial charge in [-0.25, -0.2) is 4.39 Å². The van der Waals surface area contributed by atoms with Crippen molar-refractivity contribution in [1.29, 1.82) is 0 Å². The molecule has 1 N–H and O–H groups in total. The van der Waals surface area contributed by atoms with Gasteiger partial charge in [0.1, 0.15) is 5.82 Å². The molecule has 0 spiro atoms. The Labute approximate surface area is 63.3 Å². The largest absolute Gasteiger partial charge is 0.872 e. The Balaban J connectivity index is 3.13. The average Bonchev–Trinajstić information content (AvgIpc) is 1.94. The zero-order valence-electron chi connectivity index (χ0n) is 5.91. The Kier molecular flexibility index (Phi) is 1.96. The van der Waals surface area contributed by atoms with Crippen LogP contribution in [0, 0.1) is 5.82 Å². The maximum atomic E-state index is 12.7.